The van der Waals surface area contributed by atoms with Crippen molar-refractivity contribution in [1.82, 2.24) is 0 Å². The molecular weight excluding hydrogens is 248 g/mol. The largest absolute Gasteiger partial charge is 0.491 e. The van der Waals surface area contributed by atoms with Gasteiger partial charge in [-0.2, -0.15) is 0 Å². The Labute approximate surface area is 114 Å². The van der Waals surface area contributed by atoms with Crippen LogP contribution >= 0.6 is 11.6 Å². The number of halogens is 1. The summed E-state index contributed by atoms with van der Waals surface area (Å²) in [6.07, 6.45) is 0.239. The summed E-state index contributed by atoms with van der Waals surface area (Å²) in [5.41, 5.74) is 2.08. The van der Waals surface area contributed by atoms with Gasteiger partial charge in [-0.15, -0.1) is 11.6 Å². The molecule has 1 rings (SSSR count). The SMILES string of the molecule is Cc1cc(OCCOC(C)C)ccc1C#CCCl. The van der Waals surface area contributed by atoms with Crippen molar-refractivity contribution in [3.8, 4) is 17.6 Å². The Bertz CT molecular complexity index is 430. The maximum atomic E-state index is 5.60. The second kappa shape index (κ2) is 8.02. The van der Waals surface area contributed by atoms with E-state index in [4.69, 9.17) is 21.1 Å². The summed E-state index contributed by atoms with van der Waals surface area (Å²) in [5, 5.41) is 0. The number of hydrogen-bond donors (Lipinski definition) is 0. The van der Waals surface area contributed by atoms with Crippen LogP contribution in [0.2, 0.25) is 0 Å². The average Bonchev–Trinajstić information content (AvgIpc) is 2.33. The first kappa shape index (κ1) is 14.9. The lowest BCUT2D eigenvalue weighted by Crippen LogP contribution is -2.11. The molecule has 0 fully saturated rings. The van der Waals surface area contributed by atoms with Crippen molar-refractivity contribution in [3.05, 3.63) is 29.3 Å². The molecular formula is C15H19ClO2. The highest BCUT2D eigenvalue weighted by atomic mass is 35.5. The van der Waals surface area contributed by atoms with Crippen molar-refractivity contribution < 1.29 is 9.47 Å². The zero-order chi connectivity index (χ0) is 13.4. The van der Waals surface area contributed by atoms with E-state index in [-0.39, 0.29) is 6.10 Å². The van der Waals surface area contributed by atoms with Crippen LogP contribution in [0.5, 0.6) is 5.75 Å². The van der Waals surface area contributed by atoms with Gasteiger partial charge in [0, 0.05) is 5.56 Å². The van der Waals surface area contributed by atoms with E-state index in [1.807, 2.05) is 39.0 Å². The van der Waals surface area contributed by atoms with Gasteiger partial charge in [-0.25, -0.2) is 0 Å². The first-order valence-electron chi connectivity index (χ1n) is 6.03. The van der Waals surface area contributed by atoms with Crippen LogP contribution < -0.4 is 4.74 Å². The highest BCUT2D eigenvalue weighted by molar-refractivity contribution is 6.19. The number of ether oxygens (including phenoxy) is 2. The van der Waals surface area contributed by atoms with Gasteiger partial charge in [-0.1, -0.05) is 11.8 Å². The monoisotopic (exact) mass is 266 g/mol. The summed E-state index contributed by atoms with van der Waals surface area (Å²) in [6.45, 7) is 7.19. The van der Waals surface area contributed by atoms with E-state index in [9.17, 15) is 0 Å². The van der Waals surface area contributed by atoms with Crippen LogP contribution in [0.25, 0.3) is 0 Å². The van der Waals surface area contributed by atoms with E-state index in [1.165, 1.54) is 0 Å². The summed E-state index contributed by atoms with van der Waals surface area (Å²) in [7, 11) is 0. The van der Waals surface area contributed by atoms with Gasteiger partial charge >= 0.3 is 0 Å². The molecule has 0 atom stereocenters. The molecule has 1 aromatic carbocycles. The van der Waals surface area contributed by atoms with Gasteiger partial charge in [0.2, 0.25) is 0 Å². The third kappa shape index (κ3) is 5.44. The molecule has 0 aliphatic rings. The van der Waals surface area contributed by atoms with Crippen molar-refractivity contribution in [1.29, 1.82) is 0 Å². The van der Waals surface area contributed by atoms with Gasteiger partial charge in [0.05, 0.1) is 18.6 Å². The fourth-order valence-electron chi connectivity index (χ4n) is 1.44. The Morgan fingerprint density at radius 3 is 2.67 bits per heavy atom. The zero-order valence-corrected chi connectivity index (χ0v) is 11.9. The molecule has 0 N–H and O–H groups in total. The van der Waals surface area contributed by atoms with Crippen LogP contribution in [0.1, 0.15) is 25.0 Å². The van der Waals surface area contributed by atoms with Gasteiger partial charge < -0.3 is 9.47 Å². The third-order valence-corrected chi connectivity index (χ3v) is 2.42. The Kier molecular flexibility index (Phi) is 6.64. The lowest BCUT2D eigenvalue weighted by Gasteiger charge is -2.10. The number of benzene rings is 1. The highest BCUT2D eigenvalue weighted by Gasteiger charge is 1.99. The smallest absolute Gasteiger partial charge is 0.119 e. The second-order valence-electron chi connectivity index (χ2n) is 4.18. The van der Waals surface area contributed by atoms with Crippen LogP contribution in [-0.2, 0) is 4.74 Å². The van der Waals surface area contributed by atoms with Gasteiger partial charge in [0.1, 0.15) is 12.4 Å². The van der Waals surface area contributed by atoms with Crippen molar-refractivity contribution in [2.24, 2.45) is 0 Å². The lowest BCUT2D eigenvalue weighted by atomic mass is 10.1. The van der Waals surface area contributed by atoms with E-state index in [1.54, 1.807) is 0 Å². The molecule has 1 aromatic rings. The van der Waals surface area contributed by atoms with Gasteiger partial charge in [-0.05, 0) is 44.5 Å². The minimum absolute atomic E-state index is 0.239. The van der Waals surface area contributed by atoms with Gasteiger partial charge in [0.25, 0.3) is 0 Å². The summed E-state index contributed by atoms with van der Waals surface area (Å²) in [5.74, 6) is 7.05. The molecule has 98 valence electrons. The Hall–Kier alpha value is -1.17. The maximum Gasteiger partial charge on any atom is 0.119 e. The van der Waals surface area contributed by atoms with Crippen LogP contribution in [-0.4, -0.2) is 25.2 Å². The first-order chi connectivity index (χ1) is 8.63. The molecule has 0 aromatic heterocycles. The van der Waals surface area contributed by atoms with Crippen LogP contribution in [0.15, 0.2) is 18.2 Å². The summed E-state index contributed by atoms with van der Waals surface area (Å²) < 4.78 is 11.0. The number of rotatable bonds is 5. The van der Waals surface area contributed by atoms with Gasteiger partial charge in [0.15, 0.2) is 0 Å². The molecule has 18 heavy (non-hydrogen) atoms. The van der Waals surface area contributed by atoms with Crippen molar-refractivity contribution in [2.75, 3.05) is 19.1 Å². The predicted molar refractivity (Wildman–Crippen MR) is 75.4 cm³/mol. The molecule has 0 radical (unpaired) electrons. The number of hydrogen-bond acceptors (Lipinski definition) is 2. The minimum atomic E-state index is 0.239. The summed E-state index contributed by atoms with van der Waals surface area (Å²) in [6, 6.07) is 5.85. The maximum absolute atomic E-state index is 5.60. The third-order valence-electron chi connectivity index (χ3n) is 2.29. The second-order valence-corrected chi connectivity index (χ2v) is 4.45. The average molecular weight is 267 g/mol. The fourth-order valence-corrected chi connectivity index (χ4v) is 1.50. The van der Waals surface area contributed by atoms with Crippen LogP contribution in [0, 0.1) is 18.8 Å². The Morgan fingerprint density at radius 2 is 2.06 bits per heavy atom. The Morgan fingerprint density at radius 1 is 1.28 bits per heavy atom. The lowest BCUT2D eigenvalue weighted by molar-refractivity contribution is 0.0552. The number of aryl methyl sites for hydroxylation is 1. The van der Waals surface area contributed by atoms with E-state index < -0.39 is 0 Å². The summed E-state index contributed by atoms with van der Waals surface area (Å²) in [4.78, 5) is 0. The summed E-state index contributed by atoms with van der Waals surface area (Å²) >= 11 is 5.53. The number of alkyl halides is 1. The van der Waals surface area contributed by atoms with E-state index in [0.717, 1.165) is 16.9 Å². The molecule has 0 saturated heterocycles. The standard InChI is InChI=1S/C15H19ClO2/c1-12(2)17-9-10-18-15-7-6-14(5-4-8-16)13(3)11-15/h6-7,11-12H,8-10H2,1-3H3. The fraction of sp³-hybridized carbons (Fsp3) is 0.467. The van der Waals surface area contributed by atoms with E-state index in [0.29, 0.717) is 19.1 Å². The van der Waals surface area contributed by atoms with E-state index in [2.05, 4.69) is 11.8 Å². The van der Waals surface area contributed by atoms with Crippen molar-refractivity contribution in [3.63, 3.8) is 0 Å². The highest BCUT2D eigenvalue weighted by Crippen LogP contribution is 2.16. The van der Waals surface area contributed by atoms with Gasteiger partial charge in [-0.3, -0.25) is 0 Å². The van der Waals surface area contributed by atoms with Crippen LogP contribution in [0.4, 0.5) is 0 Å². The van der Waals surface area contributed by atoms with Crippen molar-refractivity contribution in [2.45, 2.75) is 26.9 Å². The topological polar surface area (TPSA) is 18.5 Å². The molecule has 0 saturated carbocycles. The van der Waals surface area contributed by atoms with Crippen molar-refractivity contribution >= 4 is 11.6 Å². The molecule has 0 heterocycles. The zero-order valence-electron chi connectivity index (χ0n) is 11.1. The molecule has 0 aliphatic heterocycles. The molecule has 0 aliphatic carbocycles. The first-order valence-corrected chi connectivity index (χ1v) is 6.57. The Balaban J connectivity index is 2.51. The quantitative estimate of drug-likeness (QED) is 0.462. The molecule has 0 amide bonds. The minimum Gasteiger partial charge on any atom is -0.491 e. The normalized spacial score (nSPS) is 10.1. The molecule has 3 heteroatoms. The molecule has 0 unspecified atom stereocenters. The van der Waals surface area contributed by atoms with E-state index >= 15 is 0 Å². The predicted octanol–water partition coefficient (Wildman–Crippen LogP) is 3.39. The van der Waals surface area contributed by atoms with Crippen LogP contribution in [0.3, 0.4) is 0 Å². The molecule has 2 nitrogen and oxygen atoms in total. The molecule has 0 spiro atoms. The molecule has 0 bridgehead atoms.